The average molecular weight is 369 g/mol. The Morgan fingerprint density at radius 2 is 2.00 bits per heavy atom. The molecule has 4 rings (SSSR count). The van der Waals surface area contributed by atoms with Gasteiger partial charge in [-0.15, -0.1) is 11.3 Å². The summed E-state index contributed by atoms with van der Waals surface area (Å²) >= 11 is 7.60. The highest BCUT2D eigenvalue weighted by Crippen LogP contribution is 2.26. The molecule has 4 aromatic rings. The van der Waals surface area contributed by atoms with Crippen molar-refractivity contribution in [1.29, 1.82) is 0 Å². The highest BCUT2D eigenvalue weighted by atomic mass is 35.5. The van der Waals surface area contributed by atoms with Crippen LogP contribution in [0.5, 0.6) is 0 Å². The molecule has 1 atom stereocenters. The van der Waals surface area contributed by atoms with E-state index < -0.39 is 6.04 Å². The molecule has 25 heavy (non-hydrogen) atoms. The normalized spacial score (nSPS) is 12.2. The summed E-state index contributed by atoms with van der Waals surface area (Å²) in [5.41, 5.74) is 1.51. The van der Waals surface area contributed by atoms with E-state index in [1.807, 2.05) is 54.0 Å². The predicted octanol–water partition coefficient (Wildman–Crippen LogP) is 4.37. The van der Waals surface area contributed by atoms with Crippen molar-refractivity contribution in [3.05, 3.63) is 76.9 Å². The topological polar surface area (TPSA) is 59.8 Å². The summed E-state index contributed by atoms with van der Waals surface area (Å²) in [5.74, 6) is -0.204. The van der Waals surface area contributed by atoms with Gasteiger partial charge in [0.15, 0.2) is 11.2 Å². The zero-order chi connectivity index (χ0) is 17.2. The van der Waals surface area contributed by atoms with E-state index in [2.05, 4.69) is 15.4 Å². The van der Waals surface area contributed by atoms with Crippen LogP contribution >= 0.6 is 22.9 Å². The highest BCUT2D eigenvalue weighted by Gasteiger charge is 2.25. The van der Waals surface area contributed by atoms with Crippen molar-refractivity contribution in [1.82, 2.24) is 14.8 Å². The van der Waals surface area contributed by atoms with E-state index in [1.54, 1.807) is 16.9 Å². The van der Waals surface area contributed by atoms with Crippen LogP contribution in [0.25, 0.3) is 10.9 Å². The first-order valence-electron chi connectivity index (χ1n) is 7.61. The SMILES string of the molecule is O=C(Nc1nccs1)[C@@H](c1ccccc1)n1cc2cccc(Cl)c2n1. The van der Waals surface area contributed by atoms with Gasteiger partial charge in [0.2, 0.25) is 0 Å². The Labute approximate surface area is 152 Å². The van der Waals surface area contributed by atoms with Gasteiger partial charge in [-0.05, 0) is 11.6 Å². The lowest BCUT2D eigenvalue weighted by atomic mass is 10.1. The Bertz CT molecular complexity index is 1010. The van der Waals surface area contributed by atoms with Crippen molar-refractivity contribution < 1.29 is 4.79 Å². The molecule has 0 bridgehead atoms. The van der Waals surface area contributed by atoms with Crippen LogP contribution in [0.2, 0.25) is 5.02 Å². The van der Waals surface area contributed by atoms with E-state index in [1.165, 1.54) is 11.3 Å². The van der Waals surface area contributed by atoms with Crippen LogP contribution in [0.3, 0.4) is 0 Å². The van der Waals surface area contributed by atoms with Gasteiger partial charge in [-0.2, -0.15) is 5.10 Å². The summed E-state index contributed by atoms with van der Waals surface area (Å²) in [6.07, 6.45) is 3.49. The van der Waals surface area contributed by atoms with Crippen molar-refractivity contribution in [3.8, 4) is 0 Å². The fourth-order valence-electron chi connectivity index (χ4n) is 2.68. The summed E-state index contributed by atoms with van der Waals surface area (Å²) < 4.78 is 1.65. The Hall–Kier alpha value is -2.70. The smallest absolute Gasteiger partial charge is 0.255 e. The standard InChI is InChI=1S/C18H13ClN4OS/c19-14-8-4-7-13-11-23(22-15(13)14)16(12-5-2-1-3-6-12)17(24)21-18-20-9-10-25-18/h1-11,16H,(H,20,21,24)/t16-/m1/s1. The molecule has 1 N–H and O–H groups in total. The molecule has 0 aliphatic rings. The van der Waals surface area contributed by atoms with Crippen molar-refractivity contribution in [2.75, 3.05) is 5.32 Å². The van der Waals surface area contributed by atoms with E-state index >= 15 is 0 Å². The minimum absolute atomic E-state index is 0.204. The predicted molar refractivity (Wildman–Crippen MR) is 100 cm³/mol. The van der Waals surface area contributed by atoms with Gasteiger partial charge in [-0.3, -0.25) is 14.8 Å². The first-order chi connectivity index (χ1) is 12.2. The molecular formula is C18H13ClN4OS. The molecular weight excluding hydrogens is 356 g/mol. The van der Waals surface area contributed by atoms with Gasteiger partial charge in [0.25, 0.3) is 5.91 Å². The Morgan fingerprint density at radius 3 is 2.72 bits per heavy atom. The largest absolute Gasteiger partial charge is 0.300 e. The van der Waals surface area contributed by atoms with Gasteiger partial charge in [0, 0.05) is 23.2 Å². The molecule has 0 saturated carbocycles. The monoisotopic (exact) mass is 368 g/mol. The van der Waals surface area contributed by atoms with E-state index in [-0.39, 0.29) is 5.91 Å². The molecule has 0 aliphatic heterocycles. The number of carbonyl (C=O) groups is 1. The van der Waals surface area contributed by atoms with Crippen molar-refractivity contribution in [2.45, 2.75) is 6.04 Å². The van der Waals surface area contributed by atoms with Gasteiger partial charge in [0.1, 0.15) is 5.52 Å². The molecule has 0 saturated heterocycles. The van der Waals surface area contributed by atoms with Crippen LogP contribution in [0.1, 0.15) is 11.6 Å². The summed E-state index contributed by atoms with van der Waals surface area (Å²) in [6.45, 7) is 0. The molecule has 0 fully saturated rings. The summed E-state index contributed by atoms with van der Waals surface area (Å²) in [4.78, 5) is 17.1. The number of benzene rings is 2. The molecule has 2 aromatic heterocycles. The fourth-order valence-corrected chi connectivity index (χ4v) is 3.43. The number of thiazole rings is 1. The summed E-state index contributed by atoms with van der Waals surface area (Å²) in [5, 5.41) is 11.2. The molecule has 124 valence electrons. The maximum atomic E-state index is 12.9. The van der Waals surface area contributed by atoms with Gasteiger partial charge in [-0.1, -0.05) is 54.1 Å². The van der Waals surface area contributed by atoms with Crippen molar-refractivity contribution in [3.63, 3.8) is 0 Å². The quantitative estimate of drug-likeness (QED) is 0.581. The minimum atomic E-state index is -0.617. The Kier molecular flexibility index (Phi) is 4.21. The Balaban J connectivity index is 1.79. The second kappa shape index (κ2) is 6.66. The second-order valence-corrected chi connectivity index (χ2v) is 6.73. The summed E-state index contributed by atoms with van der Waals surface area (Å²) in [7, 11) is 0. The number of amides is 1. The lowest BCUT2D eigenvalue weighted by Crippen LogP contribution is -2.27. The van der Waals surface area contributed by atoms with Crippen LogP contribution < -0.4 is 5.32 Å². The number of anilines is 1. The molecule has 5 nitrogen and oxygen atoms in total. The molecule has 1 amide bonds. The number of fused-ring (bicyclic) bond motifs is 1. The minimum Gasteiger partial charge on any atom is -0.300 e. The maximum Gasteiger partial charge on any atom is 0.255 e. The zero-order valence-electron chi connectivity index (χ0n) is 13.0. The second-order valence-electron chi connectivity index (χ2n) is 5.43. The fraction of sp³-hybridized carbons (Fsp3) is 0.0556. The number of hydrogen-bond donors (Lipinski definition) is 1. The molecule has 0 spiro atoms. The third kappa shape index (κ3) is 3.14. The Morgan fingerprint density at radius 1 is 1.16 bits per heavy atom. The van der Waals surface area contributed by atoms with Crippen LogP contribution in [0.4, 0.5) is 5.13 Å². The highest BCUT2D eigenvalue weighted by molar-refractivity contribution is 7.13. The number of aromatic nitrogens is 3. The van der Waals surface area contributed by atoms with Gasteiger partial charge >= 0.3 is 0 Å². The van der Waals surface area contributed by atoms with Crippen LogP contribution in [0, 0.1) is 0 Å². The first-order valence-corrected chi connectivity index (χ1v) is 8.87. The van der Waals surface area contributed by atoms with Crippen molar-refractivity contribution in [2.24, 2.45) is 0 Å². The number of halogens is 1. The number of nitrogens with one attached hydrogen (secondary N) is 1. The number of rotatable bonds is 4. The number of nitrogens with zero attached hydrogens (tertiary/aromatic N) is 3. The molecule has 2 aromatic carbocycles. The zero-order valence-corrected chi connectivity index (χ0v) is 14.5. The van der Waals surface area contributed by atoms with Gasteiger partial charge in [-0.25, -0.2) is 4.98 Å². The lowest BCUT2D eigenvalue weighted by Gasteiger charge is -2.17. The third-order valence-corrected chi connectivity index (χ3v) is 4.79. The molecule has 0 aliphatic carbocycles. The maximum absolute atomic E-state index is 12.9. The van der Waals surface area contributed by atoms with Crippen LogP contribution in [-0.4, -0.2) is 20.7 Å². The number of hydrogen-bond acceptors (Lipinski definition) is 4. The van der Waals surface area contributed by atoms with E-state index in [0.717, 1.165) is 10.9 Å². The van der Waals surface area contributed by atoms with E-state index in [9.17, 15) is 4.79 Å². The first kappa shape index (κ1) is 15.8. The average Bonchev–Trinajstić information content (AvgIpc) is 3.26. The van der Waals surface area contributed by atoms with Gasteiger partial charge < -0.3 is 0 Å². The molecule has 7 heteroatoms. The summed E-state index contributed by atoms with van der Waals surface area (Å²) in [6, 6.07) is 14.5. The van der Waals surface area contributed by atoms with Crippen LogP contribution in [-0.2, 0) is 4.79 Å². The third-order valence-electron chi connectivity index (χ3n) is 3.80. The van der Waals surface area contributed by atoms with E-state index in [4.69, 9.17) is 11.6 Å². The van der Waals surface area contributed by atoms with Crippen LogP contribution in [0.15, 0.2) is 66.3 Å². The van der Waals surface area contributed by atoms with Crippen molar-refractivity contribution >= 4 is 44.9 Å². The van der Waals surface area contributed by atoms with E-state index in [0.29, 0.717) is 15.7 Å². The molecule has 0 unspecified atom stereocenters. The lowest BCUT2D eigenvalue weighted by molar-refractivity contribution is -0.118. The molecule has 0 radical (unpaired) electrons. The van der Waals surface area contributed by atoms with Gasteiger partial charge in [0.05, 0.1) is 5.02 Å². The molecule has 2 heterocycles. The number of carbonyl (C=O) groups excluding carboxylic acids is 1.